The van der Waals surface area contributed by atoms with Gasteiger partial charge in [0.2, 0.25) is 0 Å². The largest absolute Gasteiger partial charge is 0.322 e. The fraction of sp³-hybridized carbons (Fsp3) is 0. The van der Waals surface area contributed by atoms with Crippen LogP contribution >= 0.6 is 0 Å². The third kappa shape index (κ3) is 3.92. The summed E-state index contributed by atoms with van der Waals surface area (Å²) in [6.45, 7) is 0. The van der Waals surface area contributed by atoms with Crippen LogP contribution in [0, 0.1) is 11.6 Å². The van der Waals surface area contributed by atoms with Crippen LogP contribution in [0.15, 0.2) is 72.8 Å². The van der Waals surface area contributed by atoms with Crippen molar-refractivity contribution in [2.24, 2.45) is 0 Å². The van der Waals surface area contributed by atoms with Crippen LogP contribution in [0.25, 0.3) is 0 Å². The van der Waals surface area contributed by atoms with Gasteiger partial charge in [0, 0.05) is 11.4 Å². The molecule has 4 nitrogen and oxygen atoms in total. The molecule has 0 heterocycles. The van der Waals surface area contributed by atoms with Crippen LogP contribution in [0.2, 0.25) is 0 Å². The average Bonchev–Trinajstić information content (AvgIpc) is 2.62. The summed E-state index contributed by atoms with van der Waals surface area (Å²) in [6.07, 6.45) is 0. The molecule has 0 spiro atoms. The van der Waals surface area contributed by atoms with Crippen molar-refractivity contribution in [1.82, 2.24) is 0 Å². The first-order valence-corrected chi connectivity index (χ1v) is 7.76. The van der Waals surface area contributed by atoms with E-state index in [-0.39, 0.29) is 11.1 Å². The van der Waals surface area contributed by atoms with Crippen LogP contribution in [0.3, 0.4) is 0 Å². The molecule has 2 N–H and O–H groups in total. The SMILES string of the molecule is O=C(Nc1cccc(NC(=O)c2ccccc2F)c1)c1ccccc1F. The monoisotopic (exact) mass is 352 g/mol. The van der Waals surface area contributed by atoms with Gasteiger partial charge in [-0.1, -0.05) is 30.3 Å². The Morgan fingerprint density at radius 2 is 1.04 bits per heavy atom. The van der Waals surface area contributed by atoms with Crippen LogP contribution in [-0.2, 0) is 0 Å². The van der Waals surface area contributed by atoms with Crippen molar-refractivity contribution in [3.63, 3.8) is 0 Å². The number of hydrogen-bond donors (Lipinski definition) is 2. The summed E-state index contributed by atoms with van der Waals surface area (Å²) in [7, 11) is 0. The lowest BCUT2D eigenvalue weighted by Gasteiger charge is -2.10. The maximum atomic E-state index is 13.7. The lowest BCUT2D eigenvalue weighted by Crippen LogP contribution is -2.15. The summed E-state index contributed by atoms with van der Waals surface area (Å²) >= 11 is 0. The van der Waals surface area contributed by atoms with E-state index in [2.05, 4.69) is 10.6 Å². The van der Waals surface area contributed by atoms with Gasteiger partial charge >= 0.3 is 0 Å². The normalized spacial score (nSPS) is 10.2. The molecule has 0 aliphatic carbocycles. The summed E-state index contributed by atoms with van der Waals surface area (Å²) in [5, 5.41) is 5.12. The van der Waals surface area contributed by atoms with Crippen molar-refractivity contribution in [1.29, 1.82) is 0 Å². The fourth-order valence-corrected chi connectivity index (χ4v) is 2.36. The highest BCUT2D eigenvalue weighted by molar-refractivity contribution is 6.06. The van der Waals surface area contributed by atoms with Crippen molar-refractivity contribution >= 4 is 23.2 Å². The number of carbonyl (C=O) groups is 2. The van der Waals surface area contributed by atoms with Crippen LogP contribution < -0.4 is 10.6 Å². The number of halogens is 2. The number of amides is 2. The summed E-state index contributed by atoms with van der Waals surface area (Å²) in [5.74, 6) is -2.48. The van der Waals surface area contributed by atoms with Gasteiger partial charge in [0.1, 0.15) is 11.6 Å². The zero-order valence-corrected chi connectivity index (χ0v) is 13.5. The Hall–Kier alpha value is -3.54. The highest BCUT2D eigenvalue weighted by atomic mass is 19.1. The maximum Gasteiger partial charge on any atom is 0.258 e. The lowest BCUT2D eigenvalue weighted by atomic mass is 10.2. The standard InChI is InChI=1S/C20H14F2N2O2/c21-17-10-3-1-8-15(17)19(25)23-13-6-5-7-14(12-13)24-20(26)16-9-2-4-11-18(16)22/h1-12H,(H,23,25)(H,24,26). The van der Waals surface area contributed by atoms with Gasteiger partial charge < -0.3 is 10.6 Å². The average molecular weight is 352 g/mol. The summed E-state index contributed by atoms with van der Waals surface area (Å²) in [4.78, 5) is 24.3. The summed E-state index contributed by atoms with van der Waals surface area (Å²) in [6, 6.07) is 17.5. The minimum atomic E-state index is -0.631. The van der Waals surface area contributed by atoms with E-state index in [1.165, 1.54) is 42.5 Å². The van der Waals surface area contributed by atoms with Crippen molar-refractivity contribution in [2.75, 3.05) is 10.6 Å². The molecular formula is C20H14F2N2O2. The van der Waals surface area contributed by atoms with Crippen molar-refractivity contribution in [2.45, 2.75) is 0 Å². The molecule has 6 heteroatoms. The van der Waals surface area contributed by atoms with E-state index >= 15 is 0 Å². The number of nitrogens with one attached hydrogen (secondary N) is 2. The molecule has 130 valence electrons. The zero-order chi connectivity index (χ0) is 18.5. The van der Waals surface area contributed by atoms with Crippen LogP contribution in [0.5, 0.6) is 0 Å². The predicted molar refractivity (Wildman–Crippen MR) is 95.1 cm³/mol. The van der Waals surface area contributed by atoms with Gasteiger partial charge in [0.05, 0.1) is 11.1 Å². The Labute approximate surface area is 148 Å². The maximum absolute atomic E-state index is 13.7. The van der Waals surface area contributed by atoms with Gasteiger partial charge in [0.15, 0.2) is 0 Å². The topological polar surface area (TPSA) is 58.2 Å². The second-order valence-corrected chi connectivity index (χ2v) is 5.45. The van der Waals surface area contributed by atoms with Gasteiger partial charge in [-0.05, 0) is 42.5 Å². The third-order valence-corrected chi connectivity index (χ3v) is 3.62. The first-order chi connectivity index (χ1) is 12.5. The Morgan fingerprint density at radius 1 is 0.615 bits per heavy atom. The summed E-state index contributed by atoms with van der Waals surface area (Å²) in [5.41, 5.74) is 0.552. The smallest absolute Gasteiger partial charge is 0.258 e. The van der Waals surface area contributed by atoms with Gasteiger partial charge in [-0.25, -0.2) is 8.78 Å². The van der Waals surface area contributed by atoms with Crippen molar-refractivity contribution in [3.8, 4) is 0 Å². The van der Waals surface area contributed by atoms with Crippen molar-refractivity contribution < 1.29 is 18.4 Å². The number of anilines is 2. The van der Waals surface area contributed by atoms with Crippen molar-refractivity contribution in [3.05, 3.63) is 95.6 Å². The Bertz CT molecular complexity index is 899. The molecule has 3 aromatic rings. The molecule has 0 saturated heterocycles. The minimum Gasteiger partial charge on any atom is -0.322 e. The molecule has 0 radical (unpaired) electrons. The molecule has 0 aromatic heterocycles. The number of carbonyl (C=O) groups excluding carboxylic acids is 2. The molecule has 0 fully saturated rings. The van der Waals surface area contributed by atoms with Gasteiger partial charge in [-0.15, -0.1) is 0 Å². The number of benzene rings is 3. The highest BCUT2D eigenvalue weighted by Crippen LogP contribution is 2.18. The highest BCUT2D eigenvalue weighted by Gasteiger charge is 2.13. The molecule has 2 amide bonds. The zero-order valence-electron chi connectivity index (χ0n) is 13.5. The molecule has 3 aromatic carbocycles. The minimum absolute atomic E-state index is 0.0895. The molecule has 3 rings (SSSR count). The van der Waals surface area contributed by atoms with Gasteiger partial charge in [0.25, 0.3) is 11.8 Å². The van der Waals surface area contributed by atoms with Crippen LogP contribution in [-0.4, -0.2) is 11.8 Å². The molecule has 0 atom stereocenters. The first-order valence-electron chi connectivity index (χ1n) is 7.76. The first kappa shape index (κ1) is 17.3. The molecular weight excluding hydrogens is 338 g/mol. The fourth-order valence-electron chi connectivity index (χ4n) is 2.36. The Morgan fingerprint density at radius 3 is 1.46 bits per heavy atom. The van der Waals surface area contributed by atoms with Crippen LogP contribution in [0.1, 0.15) is 20.7 Å². The van der Waals surface area contributed by atoms with Gasteiger partial charge in [-0.3, -0.25) is 9.59 Å². The molecule has 0 aliphatic heterocycles. The Kier molecular flexibility index (Phi) is 5.03. The molecule has 0 bridgehead atoms. The van der Waals surface area contributed by atoms with E-state index < -0.39 is 23.4 Å². The third-order valence-electron chi connectivity index (χ3n) is 3.62. The molecule has 0 unspecified atom stereocenters. The molecule has 26 heavy (non-hydrogen) atoms. The second kappa shape index (κ2) is 7.57. The molecule has 0 saturated carbocycles. The molecule has 0 aliphatic rings. The van der Waals surface area contributed by atoms with E-state index in [1.54, 1.807) is 30.3 Å². The lowest BCUT2D eigenvalue weighted by molar-refractivity contribution is 0.101. The predicted octanol–water partition coefficient (Wildman–Crippen LogP) is 4.47. The second-order valence-electron chi connectivity index (χ2n) is 5.45. The van der Waals surface area contributed by atoms with E-state index in [0.717, 1.165) is 0 Å². The number of rotatable bonds is 4. The van der Waals surface area contributed by atoms with E-state index in [0.29, 0.717) is 11.4 Å². The van der Waals surface area contributed by atoms with E-state index in [9.17, 15) is 18.4 Å². The van der Waals surface area contributed by atoms with E-state index in [4.69, 9.17) is 0 Å². The van der Waals surface area contributed by atoms with E-state index in [1.807, 2.05) is 0 Å². The number of hydrogen-bond acceptors (Lipinski definition) is 2. The van der Waals surface area contributed by atoms with Gasteiger partial charge in [-0.2, -0.15) is 0 Å². The Balaban J connectivity index is 1.74. The van der Waals surface area contributed by atoms with Crippen LogP contribution in [0.4, 0.5) is 20.2 Å². The summed E-state index contributed by atoms with van der Waals surface area (Å²) < 4.78 is 27.3. The quantitative estimate of drug-likeness (QED) is 0.728.